The van der Waals surface area contributed by atoms with Crippen LogP contribution < -0.4 is 0 Å². The van der Waals surface area contributed by atoms with Gasteiger partial charge in [0.1, 0.15) is 0 Å². The molecular weight excluding hydrogens is 550 g/mol. The zero-order valence-electron chi connectivity index (χ0n) is 21.7. The first-order valence-corrected chi connectivity index (χ1v) is 14.9. The highest BCUT2D eigenvalue weighted by Crippen LogP contribution is 2.30. The average molecular weight is 580 g/mol. The predicted molar refractivity (Wildman–Crippen MR) is 155 cm³/mol. The quantitative estimate of drug-likeness (QED) is 0.324. The first kappa shape index (κ1) is 28.2. The van der Waals surface area contributed by atoms with Gasteiger partial charge in [-0.1, -0.05) is 35.9 Å². The van der Waals surface area contributed by atoms with E-state index in [1.807, 2.05) is 24.3 Å². The van der Waals surface area contributed by atoms with Crippen LogP contribution in [-0.2, 0) is 10.0 Å². The predicted octanol–water partition coefficient (Wildman–Crippen LogP) is 4.20. The van der Waals surface area contributed by atoms with Crippen molar-refractivity contribution in [1.82, 2.24) is 14.2 Å². The van der Waals surface area contributed by atoms with E-state index in [0.717, 1.165) is 21.9 Å². The number of aliphatic hydroxyl groups excluding tert-OH is 2. The van der Waals surface area contributed by atoms with E-state index >= 15 is 0 Å². The molecule has 1 fully saturated rings. The second kappa shape index (κ2) is 12.0. The summed E-state index contributed by atoms with van der Waals surface area (Å²) in [6, 6.07) is 20.0. The Balaban J connectivity index is 1.43. The number of amides is 1. The molecule has 208 valence electrons. The number of fused-ring (bicyclic) bond motifs is 1. The smallest absolute Gasteiger partial charge is 0.254 e. The van der Waals surface area contributed by atoms with Crippen LogP contribution in [0.5, 0.6) is 0 Å². The molecule has 0 unspecified atom stereocenters. The lowest BCUT2D eigenvalue weighted by Crippen LogP contribution is -2.62. The minimum Gasteiger partial charge on any atom is -0.396 e. The third-order valence-electron chi connectivity index (χ3n) is 7.33. The topological polar surface area (TPSA) is 111 Å². The zero-order chi connectivity index (χ0) is 28.3. The molecule has 5 rings (SSSR count). The first-order chi connectivity index (χ1) is 19.3. The lowest BCUT2D eigenvalue weighted by Gasteiger charge is -2.46. The van der Waals surface area contributed by atoms with Gasteiger partial charge >= 0.3 is 0 Å². The molecule has 2 atom stereocenters. The van der Waals surface area contributed by atoms with E-state index in [0.29, 0.717) is 10.6 Å². The SMILES string of the molecule is O=C(c1ccc(-c2ccncc2)cc1)N1[C@H](CCO)CN(S(=O)(=O)c2ccc3cc(Cl)ccc3c2)C[C@H]1CCO. The van der Waals surface area contributed by atoms with Gasteiger partial charge in [-0.15, -0.1) is 0 Å². The zero-order valence-corrected chi connectivity index (χ0v) is 23.3. The van der Waals surface area contributed by atoms with Gasteiger partial charge in [0.2, 0.25) is 10.0 Å². The van der Waals surface area contributed by atoms with Gasteiger partial charge in [-0.2, -0.15) is 4.31 Å². The molecule has 2 N–H and O–H groups in total. The Labute approximate surface area is 238 Å². The van der Waals surface area contributed by atoms with E-state index in [1.54, 1.807) is 65.8 Å². The average Bonchev–Trinajstić information content (AvgIpc) is 2.97. The van der Waals surface area contributed by atoms with Gasteiger partial charge in [0, 0.05) is 61.4 Å². The fourth-order valence-corrected chi connectivity index (χ4v) is 7.04. The Bertz CT molecular complexity index is 1580. The van der Waals surface area contributed by atoms with Crippen LogP contribution in [-0.4, -0.2) is 77.1 Å². The van der Waals surface area contributed by atoms with Gasteiger partial charge in [-0.25, -0.2) is 8.42 Å². The van der Waals surface area contributed by atoms with Crippen molar-refractivity contribution in [2.75, 3.05) is 26.3 Å². The minimum absolute atomic E-state index is 0.0321. The van der Waals surface area contributed by atoms with E-state index < -0.39 is 22.1 Å². The number of nitrogens with zero attached hydrogens (tertiary/aromatic N) is 3. The van der Waals surface area contributed by atoms with Crippen LogP contribution >= 0.6 is 11.6 Å². The standard InChI is InChI=1S/C30H30ClN3O5S/c31-26-7-5-25-18-29(8-6-24(25)17-26)40(38,39)33-19-27(11-15-35)34(28(20-33)12-16-36)30(37)23-3-1-21(2-4-23)22-9-13-32-14-10-22/h1-10,13-14,17-18,27-28,35-36H,11-12,15-16,19-20H2/t27-,28-/m1/s1. The van der Waals surface area contributed by atoms with Crippen molar-refractivity contribution >= 4 is 38.3 Å². The highest BCUT2D eigenvalue weighted by Gasteiger charge is 2.41. The third kappa shape index (κ3) is 5.75. The number of carbonyl (C=O) groups excluding carboxylic acids is 1. The normalized spacial score (nSPS) is 18.2. The van der Waals surface area contributed by atoms with Crippen molar-refractivity contribution in [2.45, 2.75) is 29.8 Å². The monoisotopic (exact) mass is 579 g/mol. The summed E-state index contributed by atoms with van der Waals surface area (Å²) in [5.74, 6) is -0.266. The number of benzene rings is 3. The fourth-order valence-electron chi connectivity index (χ4n) is 5.31. The maximum absolute atomic E-state index is 13.8. The van der Waals surface area contributed by atoms with Crippen LogP contribution in [0.2, 0.25) is 5.02 Å². The maximum atomic E-state index is 13.8. The molecule has 1 saturated heterocycles. The Morgan fingerprint density at radius 2 is 1.40 bits per heavy atom. The molecule has 0 aliphatic carbocycles. The van der Waals surface area contributed by atoms with Gasteiger partial charge in [-0.05, 0) is 83.3 Å². The van der Waals surface area contributed by atoms with Gasteiger partial charge in [0.05, 0.1) is 4.90 Å². The van der Waals surface area contributed by atoms with E-state index in [-0.39, 0.29) is 49.9 Å². The number of halogens is 1. The number of sulfonamides is 1. The number of pyridine rings is 1. The Hall–Kier alpha value is -3.34. The third-order valence-corrected chi connectivity index (χ3v) is 9.39. The Morgan fingerprint density at radius 3 is 2.02 bits per heavy atom. The molecule has 1 aliphatic heterocycles. The van der Waals surface area contributed by atoms with E-state index in [2.05, 4.69) is 4.98 Å². The van der Waals surface area contributed by atoms with Crippen LogP contribution in [0.25, 0.3) is 21.9 Å². The number of aliphatic hydroxyl groups is 2. The summed E-state index contributed by atoms with van der Waals surface area (Å²) in [6.45, 7) is -0.369. The Kier molecular flexibility index (Phi) is 8.48. The molecule has 1 amide bonds. The van der Waals surface area contributed by atoms with Crippen molar-refractivity contribution in [3.63, 3.8) is 0 Å². The van der Waals surface area contributed by atoms with Crippen molar-refractivity contribution in [1.29, 1.82) is 0 Å². The molecule has 3 aromatic carbocycles. The van der Waals surface area contributed by atoms with Crippen LogP contribution in [0.1, 0.15) is 23.2 Å². The number of aromatic nitrogens is 1. The molecule has 10 heteroatoms. The van der Waals surface area contributed by atoms with E-state index in [4.69, 9.17) is 11.6 Å². The summed E-state index contributed by atoms with van der Waals surface area (Å²) in [5, 5.41) is 21.8. The van der Waals surface area contributed by atoms with Crippen molar-refractivity contribution in [3.05, 3.63) is 95.8 Å². The fraction of sp³-hybridized carbons (Fsp3) is 0.267. The molecule has 1 aromatic heterocycles. The van der Waals surface area contributed by atoms with Gasteiger partial charge in [0.25, 0.3) is 5.91 Å². The molecule has 0 saturated carbocycles. The molecule has 8 nitrogen and oxygen atoms in total. The van der Waals surface area contributed by atoms with E-state index in [9.17, 15) is 23.4 Å². The number of rotatable bonds is 8. The van der Waals surface area contributed by atoms with Crippen LogP contribution in [0.15, 0.2) is 90.1 Å². The van der Waals surface area contributed by atoms with Crippen LogP contribution in [0.4, 0.5) is 0 Å². The molecule has 2 heterocycles. The second-order valence-corrected chi connectivity index (χ2v) is 12.2. The van der Waals surface area contributed by atoms with Crippen molar-refractivity contribution in [3.8, 4) is 11.1 Å². The highest BCUT2D eigenvalue weighted by atomic mass is 35.5. The summed E-state index contributed by atoms with van der Waals surface area (Å²) in [5.41, 5.74) is 2.36. The number of hydrogen-bond acceptors (Lipinski definition) is 6. The van der Waals surface area contributed by atoms with Crippen molar-refractivity contribution in [2.24, 2.45) is 0 Å². The summed E-state index contributed by atoms with van der Waals surface area (Å²) >= 11 is 6.08. The molecule has 40 heavy (non-hydrogen) atoms. The van der Waals surface area contributed by atoms with Crippen LogP contribution in [0.3, 0.4) is 0 Å². The largest absolute Gasteiger partial charge is 0.396 e. The minimum atomic E-state index is -3.92. The second-order valence-electron chi connectivity index (χ2n) is 9.83. The van der Waals surface area contributed by atoms with Gasteiger partial charge < -0.3 is 15.1 Å². The number of carbonyl (C=O) groups is 1. The lowest BCUT2D eigenvalue weighted by atomic mass is 9.99. The molecule has 4 aromatic rings. The number of piperazine rings is 1. The van der Waals surface area contributed by atoms with E-state index in [1.165, 1.54) is 4.31 Å². The molecule has 0 spiro atoms. The van der Waals surface area contributed by atoms with Gasteiger partial charge in [-0.3, -0.25) is 9.78 Å². The number of hydrogen-bond donors (Lipinski definition) is 2. The summed E-state index contributed by atoms with van der Waals surface area (Å²) in [7, 11) is -3.92. The summed E-state index contributed by atoms with van der Waals surface area (Å²) in [6.07, 6.45) is 3.80. The summed E-state index contributed by atoms with van der Waals surface area (Å²) in [4.78, 5) is 19.6. The summed E-state index contributed by atoms with van der Waals surface area (Å²) < 4.78 is 28.9. The highest BCUT2D eigenvalue weighted by molar-refractivity contribution is 7.89. The lowest BCUT2D eigenvalue weighted by molar-refractivity contribution is 0.0252. The molecular formula is C30H30ClN3O5S. The molecule has 0 radical (unpaired) electrons. The Morgan fingerprint density at radius 1 is 0.825 bits per heavy atom. The van der Waals surface area contributed by atoms with Crippen molar-refractivity contribution < 1.29 is 23.4 Å². The first-order valence-electron chi connectivity index (χ1n) is 13.1. The molecule has 0 bridgehead atoms. The van der Waals surface area contributed by atoms with Gasteiger partial charge in [0.15, 0.2) is 0 Å². The van der Waals surface area contributed by atoms with Crippen LogP contribution in [0, 0.1) is 0 Å². The maximum Gasteiger partial charge on any atom is 0.254 e. The molecule has 1 aliphatic rings.